The molecule has 5 nitrogen and oxygen atoms in total. The summed E-state index contributed by atoms with van der Waals surface area (Å²) in [6.45, 7) is 2.22. The maximum Gasteiger partial charge on any atom is 0.289 e. The van der Waals surface area contributed by atoms with Gasteiger partial charge in [0.2, 0.25) is 0 Å². The van der Waals surface area contributed by atoms with E-state index in [1.54, 1.807) is 19.1 Å². The lowest BCUT2D eigenvalue weighted by atomic mass is 10.1. The Morgan fingerprint density at radius 2 is 1.74 bits per heavy atom. The average Bonchev–Trinajstić information content (AvgIpc) is 2.82. The summed E-state index contributed by atoms with van der Waals surface area (Å²) in [4.78, 5) is 23.5. The van der Waals surface area contributed by atoms with E-state index in [0.717, 1.165) is 5.56 Å². The minimum Gasteiger partial charge on any atom is -0.363 e. The molecule has 0 saturated carbocycles. The standard InChI is InChI=1S/C18H15N2O3/c1-11-15(17(22)18(19)23)16-13(8-5-9-14(16)21)20(11)10-12-6-3-2-4-7-12/h2-9H,10H2,1H3,(H2,19,23). The van der Waals surface area contributed by atoms with Crippen molar-refractivity contribution < 1.29 is 14.7 Å². The van der Waals surface area contributed by atoms with Gasteiger partial charge in [-0.3, -0.25) is 14.7 Å². The summed E-state index contributed by atoms with van der Waals surface area (Å²) in [6, 6.07) is 14.5. The normalized spacial score (nSPS) is 10.8. The molecular weight excluding hydrogens is 292 g/mol. The number of carbonyl (C=O) groups is 2. The lowest BCUT2D eigenvalue weighted by Gasteiger charge is -2.08. The predicted octanol–water partition coefficient (Wildman–Crippen LogP) is 2.81. The number of carbonyl (C=O) groups excluding carboxylic acids is 2. The molecule has 115 valence electrons. The number of hydrogen-bond acceptors (Lipinski definition) is 2. The van der Waals surface area contributed by atoms with Gasteiger partial charge >= 0.3 is 0 Å². The van der Waals surface area contributed by atoms with Crippen molar-refractivity contribution in [2.45, 2.75) is 13.5 Å². The fourth-order valence-electron chi connectivity index (χ4n) is 2.86. The monoisotopic (exact) mass is 307 g/mol. The van der Waals surface area contributed by atoms with Gasteiger partial charge in [-0.05, 0) is 24.6 Å². The molecule has 0 atom stereocenters. The lowest BCUT2D eigenvalue weighted by molar-refractivity contribution is -0.114. The van der Waals surface area contributed by atoms with Gasteiger partial charge in [-0.1, -0.05) is 36.4 Å². The number of amides is 1. The van der Waals surface area contributed by atoms with Crippen LogP contribution >= 0.6 is 0 Å². The van der Waals surface area contributed by atoms with Gasteiger partial charge in [0.05, 0.1) is 16.5 Å². The van der Waals surface area contributed by atoms with E-state index >= 15 is 0 Å². The number of aromatic nitrogens is 1. The van der Waals surface area contributed by atoms with Gasteiger partial charge in [-0.2, -0.15) is 0 Å². The number of ketones is 1. The van der Waals surface area contributed by atoms with E-state index < -0.39 is 11.7 Å². The van der Waals surface area contributed by atoms with Crippen LogP contribution in [0.2, 0.25) is 0 Å². The first-order chi connectivity index (χ1) is 11.0. The van der Waals surface area contributed by atoms with Crippen molar-refractivity contribution in [2.24, 2.45) is 5.73 Å². The molecule has 1 radical (unpaired) electrons. The molecule has 2 aromatic carbocycles. The Hall–Kier alpha value is -3.08. The van der Waals surface area contributed by atoms with Gasteiger partial charge in [-0.25, -0.2) is 0 Å². The van der Waals surface area contributed by atoms with E-state index in [-0.39, 0.29) is 16.7 Å². The molecule has 1 amide bonds. The van der Waals surface area contributed by atoms with Crippen LogP contribution < -0.4 is 5.73 Å². The number of primary amides is 1. The lowest BCUT2D eigenvalue weighted by Crippen LogP contribution is -2.23. The van der Waals surface area contributed by atoms with Crippen LogP contribution in [-0.2, 0) is 16.4 Å². The van der Waals surface area contributed by atoms with Crippen molar-refractivity contribution >= 4 is 22.6 Å². The van der Waals surface area contributed by atoms with Crippen LogP contribution in [-0.4, -0.2) is 16.3 Å². The van der Waals surface area contributed by atoms with E-state index in [2.05, 4.69) is 0 Å². The molecule has 0 unspecified atom stereocenters. The number of hydrogen-bond donors (Lipinski definition) is 1. The molecule has 0 aliphatic carbocycles. The number of nitrogens with two attached hydrogens (primary N) is 1. The second-order valence-electron chi connectivity index (χ2n) is 5.38. The van der Waals surface area contributed by atoms with E-state index in [1.807, 2.05) is 34.9 Å². The van der Waals surface area contributed by atoms with Gasteiger partial charge in [0.25, 0.3) is 11.7 Å². The van der Waals surface area contributed by atoms with Crippen LogP contribution in [0.5, 0.6) is 5.75 Å². The molecule has 0 aliphatic rings. The van der Waals surface area contributed by atoms with Crippen LogP contribution in [0.3, 0.4) is 0 Å². The SMILES string of the molecule is Cc1c(C(=O)C(N)=O)c2c([O])cccc2n1Cc1ccccc1. The first-order valence-corrected chi connectivity index (χ1v) is 7.17. The molecule has 3 aromatic rings. The van der Waals surface area contributed by atoms with Gasteiger partial charge in [-0.15, -0.1) is 0 Å². The predicted molar refractivity (Wildman–Crippen MR) is 85.9 cm³/mol. The van der Waals surface area contributed by atoms with E-state index in [1.165, 1.54) is 6.07 Å². The number of benzene rings is 2. The van der Waals surface area contributed by atoms with Gasteiger partial charge in [0.15, 0.2) is 5.75 Å². The summed E-state index contributed by atoms with van der Waals surface area (Å²) in [5.74, 6) is -2.18. The van der Waals surface area contributed by atoms with Crippen molar-refractivity contribution in [3.63, 3.8) is 0 Å². The largest absolute Gasteiger partial charge is 0.363 e. The molecule has 1 heterocycles. The highest BCUT2D eigenvalue weighted by Gasteiger charge is 2.25. The zero-order valence-corrected chi connectivity index (χ0v) is 12.6. The molecule has 0 spiro atoms. The summed E-state index contributed by atoms with van der Waals surface area (Å²) in [7, 11) is 0. The molecule has 0 aliphatic heterocycles. The highest BCUT2D eigenvalue weighted by atomic mass is 16.3. The first kappa shape index (κ1) is 14.8. The summed E-state index contributed by atoms with van der Waals surface area (Å²) >= 11 is 0. The second kappa shape index (κ2) is 5.61. The summed E-state index contributed by atoms with van der Waals surface area (Å²) in [5.41, 5.74) is 7.47. The molecular formula is C18H15N2O3. The van der Waals surface area contributed by atoms with Crippen LogP contribution in [0.25, 0.3) is 10.9 Å². The van der Waals surface area contributed by atoms with Gasteiger partial charge < -0.3 is 10.3 Å². The molecule has 5 heteroatoms. The van der Waals surface area contributed by atoms with Crippen molar-refractivity contribution in [3.05, 3.63) is 65.4 Å². The van der Waals surface area contributed by atoms with E-state index in [9.17, 15) is 14.7 Å². The molecule has 0 saturated heterocycles. The number of fused-ring (bicyclic) bond motifs is 1. The molecule has 2 N–H and O–H groups in total. The summed E-state index contributed by atoms with van der Waals surface area (Å²) in [5, 5.41) is 12.5. The van der Waals surface area contributed by atoms with Gasteiger partial charge in [0.1, 0.15) is 0 Å². The van der Waals surface area contributed by atoms with Crippen LogP contribution in [0.4, 0.5) is 0 Å². The van der Waals surface area contributed by atoms with Crippen molar-refractivity contribution in [1.82, 2.24) is 4.57 Å². The Balaban J connectivity index is 2.27. The third-order valence-electron chi connectivity index (χ3n) is 3.95. The van der Waals surface area contributed by atoms with Crippen LogP contribution in [0, 0.1) is 6.92 Å². The molecule has 23 heavy (non-hydrogen) atoms. The van der Waals surface area contributed by atoms with Crippen molar-refractivity contribution in [2.75, 3.05) is 0 Å². The minimum atomic E-state index is -1.06. The molecule has 1 aromatic heterocycles. The zero-order valence-electron chi connectivity index (χ0n) is 12.6. The zero-order chi connectivity index (χ0) is 16.6. The Labute approximate surface area is 133 Å². The molecule has 0 bridgehead atoms. The average molecular weight is 307 g/mol. The maximum absolute atomic E-state index is 12.2. The summed E-state index contributed by atoms with van der Waals surface area (Å²) < 4.78 is 1.86. The third kappa shape index (κ3) is 2.46. The third-order valence-corrected chi connectivity index (χ3v) is 3.95. The fourth-order valence-corrected chi connectivity index (χ4v) is 2.86. The summed E-state index contributed by atoms with van der Waals surface area (Å²) in [6.07, 6.45) is 0. The van der Waals surface area contributed by atoms with Crippen LogP contribution in [0.1, 0.15) is 21.6 Å². The Bertz CT molecular complexity index is 911. The highest BCUT2D eigenvalue weighted by molar-refractivity contribution is 6.45. The smallest absolute Gasteiger partial charge is 0.289 e. The van der Waals surface area contributed by atoms with E-state index in [0.29, 0.717) is 17.8 Å². The topological polar surface area (TPSA) is 85.0 Å². The second-order valence-corrected chi connectivity index (χ2v) is 5.38. The molecule has 0 fully saturated rings. The molecule has 3 rings (SSSR count). The maximum atomic E-state index is 12.2. The number of Topliss-reactive ketones (excluding diaryl/α,β-unsaturated/α-hetero) is 1. The highest BCUT2D eigenvalue weighted by Crippen LogP contribution is 2.34. The van der Waals surface area contributed by atoms with Gasteiger partial charge in [0, 0.05) is 12.2 Å². The van der Waals surface area contributed by atoms with Crippen molar-refractivity contribution in [3.8, 4) is 5.75 Å². The van der Waals surface area contributed by atoms with Crippen molar-refractivity contribution in [1.29, 1.82) is 0 Å². The van der Waals surface area contributed by atoms with Crippen LogP contribution in [0.15, 0.2) is 48.5 Å². The quantitative estimate of drug-likeness (QED) is 0.593. The fraction of sp³-hybridized carbons (Fsp3) is 0.111. The number of nitrogens with zero attached hydrogens (tertiary/aromatic N) is 1. The Morgan fingerprint density at radius 1 is 1.04 bits per heavy atom. The van der Waals surface area contributed by atoms with E-state index in [4.69, 9.17) is 5.73 Å². The minimum absolute atomic E-state index is 0.106. The number of rotatable bonds is 4. The first-order valence-electron chi connectivity index (χ1n) is 7.17. The Morgan fingerprint density at radius 3 is 2.39 bits per heavy atom. The Kier molecular flexibility index (Phi) is 3.62.